The predicted octanol–water partition coefficient (Wildman–Crippen LogP) is 1.47. The molecule has 1 amide bonds. The van der Waals surface area contributed by atoms with Crippen LogP contribution in [0.3, 0.4) is 0 Å². The van der Waals surface area contributed by atoms with Gasteiger partial charge in [-0.2, -0.15) is 11.8 Å². The Hall–Kier alpha value is -1.71. The maximum Gasteiger partial charge on any atom is 0.266 e. The van der Waals surface area contributed by atoms with Gasteiger partial charge in [0.2, 0.25) is 0 Å². The number of ether oxygens (including phenoxy) is 1. The zero-order valence-electron chi connectivity index (χ0n) is 13.6. The molecule has 0 unspecified atom stereocenters. The average Bonchev–Trinajstić information content (AvgIpc) is 2.84. The maximum absolute atomic E-state index is 12.6. The van der Waals surface area contributed by atoms with Crippen LogP contribution in [0.15, 0.2) is 23.1 Å². The van der Waals surface area contributed by atoms with Crippen LogP contribution in [-0.2, 0) is 9.59 Å². The normalized spacial score (nSPS) is 17.2. The quantitative estimate of drug-likeness (QED) is 0.546. The monoisotopic (exact) mass is 398 g/mol. The number of hydrogen-bond donors (Lipinski definition) is 1. The van der Waals surface area contributed by atoms with Gasteiger partial charge in [0, 0.05) is 0 Å². The fraction of sp³-hybridized carbons (Fsp3) is 0.312. The highest BCUT2D eigenvalue weighted by atomic mass is 32.2. The summed E-state index contributed by atoms with van der Waals surface area (Å²) >= 11 is 7.72. The van der Waals surface area contributed by atoms with Gasteiger partial charge in [0.05, 0.1) is 24.0 Å². The number of aromatic hydroxyl groups is 1. The first-order valence-corrected chi connectivity index (χ1v) is 9.84. The SMILES string of the molecule is COc1cc(/C=C2\SC(=S)N([C@@H](CCSC)C(=O)[O-])C2=O)ccc1O. The number of carboxylic acids is 1. The molecule has 0 aromatic heterocycles. The molecule has 0 saturated carbocycles. The van der Waals surface area contributed by atoms with Crippen LogP contribution in [0.2, 0.25) is 0 Å². The number of methoxy groups -OCH3 is 1. The number of aliphatic carboxylic acids is 1. The number of thioether (sulfide) groups is 2. The summed E-state index contributed by atoms with van der Waals surface area (Å²) in [7, 11) is 1.43. The highest BCUT2D eigenvalue weighted by molar-refractivity contribution is 8.26. The molecule has 1 fully saturated rings. The zero-order valence-corrected chi connectivity index (χ0v) is 16.0. The van der Waals surface area contributed by atoms with Crippen molar-refractivity contribution in [3.63, 3.8) is 0 Å². The molecule has 0 bridgehead atoms. The van der Waals surface area contributed by atoms with Gasteiger partial charge >= 0.3 is 0 Å². The molecule has 134 valence electrons. The molecule has 25 heavy (non-hydrogen) atoms. The molecular weight excluding hydrogens is 382 g/mol. The Labute approximate surface area is 159 Å². The Morgan fingerprint density at radius 2 is 2.28 bits per heavy atom. The van der Waals surface area contributed by atoms with Gasteiger partial charge in [-0.05, 0) is 42.2 Å². The lowest BCUT2D eigenvalue weighted by Gasteiger charge is -2.27. The van der Waals surface area contributed by atoms with E-state index in [9.17, 15) is 19.8 Å². The van der Waals surface area contributed by atoms with Crippen LogP contribution in [-0.4, -0.2) is 51.4 Å². The van der Waals surface area contributed by atoms with Gasteiger partial charge in [-0.25, -0.2) is 0 Å². The molecule has 1 atom stereocenters. The molecule has 2 rings (SSSR count). The van der Waals surface area contributed by atoms with Crippen molar-refractivity contribution < 1.29 is 24.5 Å². The summed E-state index contributed by atoms with van der Waals surface area (Å²) < 4.78 is 5.23. The second kappa shape index (κ2) is 8.59. The summed E-state index contributed by atoms with van der Waals surface area (Å²) in [6.45, 7) is 0. The van der Waals surface area contributed by atoms with Crippen LogP contribution in [0.25, 0.3) is 6.08 Å². The third-order valence-corrected chi connectivity index (χ3v) is 5.48. The molecule has 0 aliphatic carbocycles. The van der Waals surface area contributed by atoms with E-state index in [0.717, 1.165) is 16.7 Å². The molecule has 1 aromatic rings. The van der Waals surface area contributed by atoms with E-state index in [2.05, 4.69) is 0 Å². The van der Waals surface area contributed by atoms with Gasteiger partial charge in [0.1, 0.15) is 4.32 Å². The second-order valence-corrected chi connectivity index (χ2v) is 7.76. The van der Waals surface area contributed by atoms with E-state index in [1.807, 2.05) is 6.26 Å². The summed E-state index contributed by atoms with van der Waals surface area (Å²) in [5.74, 6) is -0.947. The number of phenolic OH excluding ortho intramolecular Hbond substituents is 1. The van der Waals surface area contributed by atoms with Gasteiger partial charge in [0.25, 0.3) is 5.91 Å². The lowest BCUT2D eigenvalue weighted by Crippen LogP contribution is -2.50. The van der Waals surface area contributed by atoms with Crippen molar-refractivity contribution in [2.75, 3.05) is 19.1 Å². The first-order chi connectivity index (χ1) is 11.9. The molecule has 1 saturated heterocycles. The zero-order chi connectivity index (χ0) is 18.6. The van der Waals surface area contributed by atoms with Crippen molar-refractivity contribution in [2.24, 2.45) is 0 Å². The molecular formula is C16H16NO5S3-. The van der Waals surface area contributed by atoms with E-state index >= 15 is 0 Å². The van der Waals surface area contributed by atoms with Gasteiger partial charge in [-0.15, -0.1) is 0 Å². The molecule has 6 nitrogen and oxygen atoms in total. The first kappa shape index (κ1) is 19.6. The number of benzene rings is 1. The Kier molecular flexibility index (Phi) is 6.74. The fourth-order valence-corrected chi connectivity index (χ4v) is 4.08. The average molecular weight is 399 g/mol. The molecule has 1 aliphatic heterocycles. The first-order valence-electron chi connectivity index (χ1n) is 7.23. The minimum atomic E-state index is -1.32. The lowest BCUT2D eigenvalue weighted by atomic mass is 10.1. The van der Waals surface area contributed by atoms with Crippen molar-refractivity contribution in [3.05, 3.63) is 28.7 Å². The number of phenols is 1. The number of thiocarbonyl (C=S) groups is 1. The number of carbonyl (C=O) groups is 2. The second-order valence-electron chi connectivity index (χ2n) is 5.10. The highest BCUT2D eigenvalue weighted by Crippen LogP contribution is 2.36. The van der Waals surface area contributed by atoms with Crippen LogP contribution in [0.1, 0.15) is 12.0 Å². The summed E-state index contributed by atoms with van der Waals surface area (Å²) in [5, 5.41) is 21.0. The van der Waals surface area contributed by atoms with Crippen molar-refractivity contribution in [1.29, 1.82) is 0 Å². The molecule has 0 radical (unpaired) electrons. The fourth-order valence-electron chi connectivity index (χ4n) is 2.27. The number of carboxylic acid groups (broad SMARTS) is 1. The van der Waals surface area contributed by atoms with E-state index in [1.165, 1.54) is 24.9 Å². The number of nitrogens with zero attached hydrogens (tertiary/aromatic N) is 1. The Morgan fingerprint density at radius 3 is 2.88 bits per heavy atom. The molecule has 0 spiro atoms. The van der Waals surface area contributed by atoms with Gasteiger partial charge in [0.15, 0.2) is 11.5 Å². The van der Waals surface area contributed by atoms with E-state index in [1.54, 1.807) is 18.2 Å². The summed E-state index contributed by atoms with van der Waals surface area (Å²) in [4.78, 5) is 25.5. The largest absolute Gasteiger partial charge is 0.548 e. The van der Waals surface area contributed by atoms with Gasteiger partial charge in [-0.1, -0.05) is 30.0 Å². The number of rotatable bonds is 7. The van der Waals surface area contributed by atoms with Crippen LogP contribution in [0, 0.1) is 0 Å². The van der Waals surface area contributed by atoms with Crippen LogP contribution >= 0.6 is 35.7 Å². The highest BCUT2D eigenvalue weighted by Gasteiger charge is 2.37. The third-order valence-electron chi connectivity index (χ3n) is 3.50. The van der Waals surface area contributed by atoms with E-state index in [0.29, 0.717) is 16.2 Å². The number of hydrogen-bond acceptors (Lipinski definition) is 8. The summed E-state index contributed by atoms with van der Waals surface area (Å²) in [5.41, 5.74) is 0.629. The van der Waals surface area contributed by atoms with Crippen molar-refractivity contribution in [3.8, 4) is 11.5 Å². The third kappa shape index (κ3) is 4.47. The summed E-state index contributed by atoms with van der Waals surface area (Å²) in [6, 6.07) is 3.56. The van der Waals surface area contributed by atoms with Crippen molar-refractivity contribution >= 4 is 58.0 Å². The van der Waals surface area contributed by atoms with E-state index < -0.39 is 17.9 Å². The predicted molar refractivity (Wildman–Crippen MR) is 101 cm³/mol. The Morgan fingerprint density at radius 1 is 1.56 bits per heavy atom. The van der Waals surface area contributed by atoms with Gasteiger partial charge < -0.3 is 19.7 Å². The van der Waals surface area contributed by atoms with Crippen LogP contribution in [0.5, 0.6) is 11.5 Å². The smallest absolute Gasteiger partial charge is 0.266 e. The maximum atomic E-state index is 12.6. The lowest BCUT2D eigenvalue weighted by molar-refractivity contribution is -0.310. The minimum Gasteiger partial charge on any atom is -0.548 e. The molecule has 1 heterocycles. The Balaban J connectivity index is 2.29. The van der Waals surface area contributed by atoms with Crippen LogP contribution in [0.4, 0.5) is 0 Å². The molecule has 9 heteroatoms. The number of amides is 1. The van der Waals surface area contributed by atoms with Crippen LogP contribution < -0.4 is 9.84 Å². The molecule has 1 aliphatic rings. The number of carbonyl (C=O) groups excluding carboxylic acids is 2. The minimum absolute atomic E-state index is 0.0127. The van der Waals surface area contributed by atoms with Crippen molar-refractivity contribution in [1.82, 2.24) is 4.90 Å². The van der Waals surface area contributed by atoms with E-state index in [-0.39, 0.29) is 22.2 Å². The standard InChI is InChI=1S/C16H17NO5S3/c1-22-12-7-9(3-4-11(12)18)8-13-14(19)17(16(23)25-13)10(15(20)21)5-6-24-2/h3-4,7-8,10,18H,5-6H2,1-2H3,(H,20,21)/p-1/b13-8-/t10-/m0/s1. The Bertz CT molecular complexity index is 734. The van der Waals surface area contributed by atoms with Crippen molar-refractivity contribution in [2.45, 2.75) is 12.5 Å². The topological polar surface area (TPSA) is 89.9 Å². The molecule has 1 N–H and O–H groups in total. The van der Waals surface area contributed by atoms with Gasteiger partial charge in [-0.3, -0.25) is 9.69 Å². The summed E-state index contributed by atoms with van der Waals surface area (Å²) in [6.07, 6.45) is 3.70. The van der Waals surface area contributed by atoms with E-state index in [4.69, 9.17) is 17.0 Å². The molecule has 1 aromatic carbocycles.